The smallest absolute Gasteiger partial charge is 0.220 e. The number of halogens is 1. The summed E-state index contributed by atoms with van der Waals surface area (Å²) in [5.74, 6) is -0.272. The second-order valence-electron chi connectivity index (χ2n) is 6.92. The van der Waals surface area contributed by atoms with Crippen molar-refractivity contribution in [1.82, 2.24) is 10.3 Å². The minimum atomic E-state index is -0.279. The Morgan fingerprint density at radius 1 is 1.15 bits per heavy atom. The molecule has 1 aromatic heterocycles. The molecule has 4 nitrogen and oxygen atoms in total. The monoisotopic (exact) mass is 352 g/mol. The Labute approximate surface area is 151 Å². The van der Waals surface area contributed by atoms with Crippen LogP contribution in [0.4, 0.5) is 4.39 Å². The molecule has 1 fully saturated rings. The Balaban J connectivity index is 1.57. The van der Waals surface area contributed by atoms with E-state index in [2.05, 4.69) is 10.3 Å². The van der Waals surface area contributed by atoms with Crippen molar-refractivity contribution in [2.75, 3.05) is 0 Å². The van der Waals surface area contributed by atoms with Crippen molar-refractivity contribution in [2.24, 2.45) is 0 Å². The first-order valence-corrected chi connectivity index (χ1v) is 8.93. The molecule has 3 aromatic rings. The molecule has 3 N–H and O–H groups in total. The Kier molecular flexibility index (Phi) is 4.47. The average molecular weight is 352 g/mol. The zero-order valence-electron chi connectivity index (χ0n) is 14.3. The van der Waals surface area contributed by atoms with Gasteiger partial charge in [-0.3, -0.25) is 4.79 Å². The first-order chi connectivity index (χ1) is 12.6. The molecule has 1 aliphatic rings. The summed E-state index contributed by atoms with van der Waals surface area (Å²) in [5.41, 5.74) is 3.90. The van der Waals surface area contributed by atoms with E-state index in [-0.39, 0.29) is 23.9 Å². The molecule has 0 unspecified atom stereocenters. The second-order valence-corrected chi connectivity index (χ2v) is 6.92. The van der Waals surface area contributed by atoms with Gasteiger partial charge in [-0.2, -0.15) is 0 Å². The highest BCUT2D eigenvalue weighted by atomic mass is 19.1. The molecule has 1 saturated carbocycles. The van der Waals surface area contributed by atoms with Crippen molar-refractivity contribution < 1.29 is 14.3 Å². The third-order valence-electron chi connectivity index (χ3n) is 5.03. The number of fused-ring (bicyclic) bond motifs is 1. The number of rotatable bonds is 5. The lowest BCUT2D eigenvalue weighted by Gasteiger charge is -2.31. The van der Waals surface area contributed by atoms with Gasteiger partial charge in [0.25, 0.3) is 0 Å². The normalized spacial score (nSPS) is 19.3. The Bertz CT molecular complexity index is 927. The number of benzene rings is 2. The first-order valence-electron chi connectivity index (χ1n) is 8.93. The highest BCUT2D eigenvalue weighted by Gasteiger charge is 2.28. The van der Waals surface area contributed by atoms with Gasteiger partial charge in [-0.05, 0) is 60.7 Å². The Morgan fingerprint density at radius 2 is 1.88 bits per heavy atom. The van der Waals surface area contributed by atoms with Gasteiger partial charge >= 0.3 is 0 Å². The zero-order valence-corrected chi connectivity index (χ0v) is 14.3. The summed E-state index contributed by atoms with van der Waals surface area (Å²) in [7, 11) is 0. The third kappa shape index (κ3) is 3.35. The number of para-hydroxylation sites is 1. The summed E-state index contributed by atoms with van der Waals surface area (Å²) in [6.45, 7) is 0. The number of nitrogens with one attached hydrogen (secondary N) is 2. The van der Waals surface area contributed by atoms with E-state index in [4.69, 9.17) is 0 Å². The fourth-order valence-electron chi connectivity index (χ4n) is 3.57. The largest absolute Gasteiger partial charge is 0.393 e. The van der Waals surface area contributed by atoms with Gasteiger partial charge in [-0.1, -0.05) is 18.2 Å². The molecule has 5 heteroatoms. The van der Waals surface area contributed by atoms with Crippen LogP contribution in [-0.4, -0.2) is 28.1 Å². The lowest BCUT2D eigenvalue weighted by molar-refractivity contribution is -0.123. The van der Waals surface area contributed by atoms with Gasteiger partial charge in [0, 0.05) is 29.1 Å². The summed E-state index contributed by atoms with van der Waals surface area (Å²) in [5, 5.41) is 13.4. The van der Waals surface area contributed by atoms with E-state index in [0.29, 0.717) is 25.7 Å². The maximum absolute atomic E-state index is 13.3. The van der Waals surface area contributed by atoms with E-state index in [0.717, 1.165) is 27.7 Å². The summed E-state index contributed by atoms with van der Waals surface area (Å²) in [6, 6.07) is 14.5. The molecule has 0 bridgehead atoms. The fourth-order valence-corrected chi connectivity index (χ4v) is 3.57. The Hall–Kier alpha value is -2.66. The van der Waals surface area contributed by atoms with Crippen LogP contribution < -0.4 is 5.32 Å². The van der Waals surface area contributed by atoms with Crippen LogP contribution in [0.2, 0.25) is 0 Å². The molecule has 134 valence electrons. The van der Waals surface area contributed by atoms with Crippen LogP contribution in [0.3, 0.4) is 0 Å². The number of carbonyl (C=O) groups excluding carboxylic acids is 1. The van der Waals surface area contributed by atoms with Crippen molar-refractivity contribution in [3.63, 3.8) is 0 Å². The molecule has 0 saturated heterocycles. The van der Waals surface area contributed by atoms with Crippen LogP contribution in [-0.2, 0) is 11.2 Å². The van der Waals surface area contributed by atoms with E-state index in [1.165, 1.54) is 12.1 Å². The van der Waals surface area contributed by atoms with Crippen LogP contribution in [0.15, 0.2) is 48.5 Å². The van der Waals surface area contributed by atoms with E-state index in [1.54, 1.807) is 12.1 Å². The molecule has 26 heavy (non-hydrogen) atoms. The fraction of sp³-hybridized carbons (Fsp3) is 0.286. The third-order valence-corrected chi connectivity index (χ3v) is 5.03. The molecule has 1 heterocycles. The van der Waals surface area contributed by atoms with E-state index in [1.807, 2.05) is 24.3 Å². The van der Waals surface area contributed by atoms with Gasteiger partial charge < -0.3 is 15.4 Å². The summed E-state index contributed by atoms with van der Waals surface area (Å²) in [6.07, 6.45) is 1.97. The predicted molar refractivity (Wildman–Crippen MR) is 99.2 cm³/mol. The number of aliphatic hydroxyl groups excluding tert-OH is 1. The summed E-state index contributed by atoms with van der Waals surface area (Å²) < 4.78 is 13.3. The highest BCUT2D eigenvalue weighted by Crippen LogP contribution is 2.31. The average Bonchev–Trinajstić information content (AvgIpc) is 2.98. The number of aromatic nitrogens is 1. The number of carbonyl (C=O) groups is 1. The lowest BCUT2D eigenvalue weighted by Crippen LogP contribution is -2.46. The molecule has 0 radical (unpaired) electrons. The number of hydrogen-bond acceptors (Lipinski definition) is 2. The van der Waals surface area contributed by atoms with Crippen LogP contribution in [0, 0.1) is 5.82 Å². The minimum absolute atomic E-state index is 0.00256. The van der Waals surface area contributed by atoms with Gasteiger partial charge in [-0.25, -0.2) is 4.39 Å². The maximum Gasteiger partial charge on any atom is 0.220 e. The van der Waals surface area contributed by atoms with Crippen molar-refractivity contribution in [2.45, 2.75) is 37.8 Å². The number of aryl methyl sites for hydroxylation is 1. The molecule has 4 rings (SSSR count). The number of hydrogen-bond donors (Lipinski definition) is 3. The minimum Gasteiger partial charge on any atom is -0.393 e. The molecular weight excluding hydrogens is 331 g/mol. The quantitative estimate of drug-likeness (QED) is 0.657. The van der Waals surface area contributed by atoms with Crippen molar-refractivity contribution in [3.05, 3.63) is 59.9 Å². The first kappa shape index (κ1) is 16.8. The van der Waals surface area contributed by atoms with Crippen molar-refractivity contribution in [1.29, 1.82) is 0 Å². The topological polar surface area (TPSA) is 65.1 Å². The molecule has 0 atom stereocenters. The zero-order chi connectivity index (χ0) is 18.1. The lowest BCUT2D eigenvalue weighted by atomic mass is 9.89. The van der Waals surface area contributed by atoms with Gasteiger partial charge in [0.15, 0.2) is 0 Å². The van der Waals surface area contributed by atoms with Crippen LogP contribution in [0.5, 0.6) is 0 Å². The highest BCUT2D eigenvalue weighted by molar-refractivity contribution is 5.91. The van der Waals surface area contributed by atoms with Crippen LogP contribution in [0.25, 0.3) is 22.2 Å². The second kappa shape index (κ2) is 6.92. The predicted octanol–water partition coefficient (Wildman–Crippen LogP) is 3.55. The van der Waals surface area contributed by atoms with Crippen LogP contribution in [0.1, 0.15) is 24.8 Å². The standard InChI is InChI=1S/C21H21FN2O2/c22-14-7-5-13(6-8-14)21-18(17-3-1-2-4-19(17)24-21)9-10-20(26)23-15-11-16(25)12-15/h1-8,15-16,24-25H,9-12H2,(H,23,26). The molecule has 1 amide bonds. The maximum atomic E-state index is 13.3. The Morgan fingerprint density at radius 3 is 2.62 bits per heavy atom. The van der Waals surface area contributed by atoms with E-state index < -0.39 is 0 Å². The molecule has 0 aliphatic heterocycles. The summed E-state index contributed by atoms with van der Waals surface area (Å²) >= 11 is 0. The van der Waals surface area contributed by atoms with Gasteiger partial charge in [0.2, 0.25) is 5.91 Å². The van der Waals surface area contributed by atoms with Crippen molar-refractivity contribution >= 4 is 16.8 Å². The molecule has 0 spiro atoms. The van der Waals surface area contributed by atoms with Crippen LogP contribution >= 0.6 is 0 Å². The number of amides is 1. The van der Waals surface area contributed by atoms with Gasteiger partial charge in [0.1, 0.15) is 5.82 Å². The van der Waals surface area contributed by atoms with E-state index in [9.17, 15) is 14.3 Å². The number of aromatic amines is 1. The van der Waals surface area contributed by atoms with E-state index >= 15 is 0 Å². The van der Waals surface area contributed by atoms with Gasteiger partial charge in [-0.15, -0.1) is 0 Å². The molecule has 1 aliphatic carbocycles. The summed E-state index contributed by atoms with van der Waals surface area (Å²) in [4.78, 5) is 15.6. The number of H-pyrrole nitrogens is 1. The van der Waals surface area contributed by atoms with Crippen molar-refractivity contribution in [3.8, 4) is 11.3 Å². The SMILES string of the molecule is O=C(CCc1c(-c2ccc(F)cc2)[nH]c2ccccc12)NC1CC(O)C1. The number of aliphatic hydroxyl groups is 1. The molecular formula is C21H21FN2O2. The molecule has 2 aromatic carbocycles. The van der Waals surface area contributed by atoms with Gasteiger partial charge in [0.05, 0.1) is 6.10 Å².